The Kier molecular flexibility index (Phi) is 6.14. The number of methoxy groups -OCH3 is 1. The number of ether oxygens (including phenoxy) is 1. The van der Waals surface area contributed by atoms with Crippen LogP contribution < -0.4 is 0 Å². The van der Waals surface area contributed by atoms with Gasteiger partial charge in [0.1, 0.15) is 0 Å². The van der Waals surface area contributed by atoms with E-state index in [1.54, 1.807) is 7.11 Å². The van der Waals surface area contributed by atoms with Crippen molar-refractivity contribution in [3.63, 3.8) is 0 Å². The van der Waals surface area contributed by atoms with Crippen molar-refractivity contribution in [2.45, 2.75) is 38.3 Å². The Morgan fingerprint density at radius 2 is 2.21 bits per heavy atom. The number of nitrogens with zero attached hydrogens (tertiary/aromatic N) is 3. The second kappa shape index (κ2) is 7.88. The topological polar surface area (TPSA) is 30.3 Å². The lowest BCUT2D eigenvalue weighted by Crippen LogP contribution is -2.29. The van der Waals surface area contributed by atoms with Gasteiger partial charge in [-0.15, -0.1) is 11.6 Å². The summed E-state index contributed by atoms with van der Waals surface area (Å²) in [6, 6.07) is 2.75. The van der Waals surface area contributed by atoms with Crippen molar-refractivity contribution >= 4 is 11.6 Å². The van der Waals surface area contributed by atoms with Crippen molar-refractivity contribution in [3.05, 3.63) is 18.0 Å². The van der Waals surface area contributed by atoms with Crippen LogP contribution in [0.1, 0.15) is 37.4 Å². The molecule has 0 saturated heterocycles. The van der Waals surface area contributed by atoms with Crippen LogP contribution in [0.3, 0.4) is 0 Å². The van der Waals surface area contributed by atoms with Gasteiger partial charge in [0, 0.05) is 38.8 Å². The quantitative estimate of drug-likeness (QED) is 0.688. The fourth-order valence-electron chi connectivity index (χ4n) is 2.67. The zero-order valence-corrected chi connectivity index (χ0v) is 12.5. The molecule has 1 heterocycles. The fraction of sp³-hybridized carbons (Fsp3) is 0.786. The summed E-state index contributed by atoms with van der Waals surface area (Å²) in [6.07, 6.45) is 7.35. The van der Waals surface area contributed by atoms with Gasteiger partial charge in [-0.05, 0) is 18.9 Å². The van der Waals surface area contributed by atoms with Crippen LogP contribution in [0.5, 0.6) is 0 Å². The van der Waals surface area contributed by atoms with Gasteiger partial charge in [-0.3, -0.25) is 9.58 Å². The van der Waals surface area contributed by atoms with Crippen LogP contribution in [-0.4, -0.2) is 47.4 Å². The van der Waals surface area contributed by atoms with Gasteiger partial charge in [0.25, 0.3) is 0 Å². The van der Waals surface area contributed by atoms with E-state index in [2.05, 4.69) is 21.8 Å². The highest BCUT2D eigenvalue weighted by Crippen LogP contribution is 2.28. The first-order valence-corrected chi connectivity index (χ1v) is 7.68. The minimum Gasteiger partial charge on any atom is -0.383 e. The van der Waals surface area contributed by atoms with Gasteiger partial charge in [0.05, 0.1) is 18.3 Å². The predicted octanol–water partition coefficient (Wildman–Crippen LogP) is 2.69. The summed E-state index contributed by atoms with van der Waals surface area (Å²) in [5, 5.41) is 4.71. The molecule has 1 fully saturated rings. The number of alkyl halides is 1. The Bertz CT molecular complexity index is 363. The summed E-state index contributed by atoms with van der Waals surface area (Å²) in [7, 11) is 1.73. The van der Waals surface area contributed by atoms with Crippen molar-refractivity contribution < 1.29 is 4.74 Å². The molecule has 1 aromatic heterocycles. The highest BCUT2D eigenvalue weighted by Gasteiger charge is 2.18. The average Bonchev–Trinajstić information content (AvgIpc) is 3.06. The fourth-order valence-corrected chi connectivity index (χ4v) is 2.91. The van der Waals surface area contributed by atoms with E-state index in [0.29, 0.717) is 11.9 Å². The normalized spacial score (nSPS) is 16.6. The van der Waals surface area contributed by atoms with E-state index in [4.69, 9.17) is 21.4 Å². The molecular formula is C14H24ClN3O. The minimum absolute atomic E-state index is 0.620. The molecule has 0 radical (unpaired) electrons. The van der Waals surface area contributed by atoms with Crippen LogP contribution in [0.2, 0.25) is 0 Å². The third-order valence-electron chi connectivity index (χ3n) is 3.76. The molecule has 0 spiro atoms. The Morgan fingerprint density at radius 3 is 2.89 bits per heavy atom. The van der Waals surface area contributed by atoms with Crippen LogP contribution in [-0.2, 0) is 11.3 Å². The molecule has 1 aliphatic rings. The lowest BCUT2D eigenvalue weighted by Gasteiger charge is -2.19. The first-order chi connectivity index (χ1) is 9.33. The Labute approximate surface area is 120 Å². The van der Waals surface area contributed by atoms with Gasteiger partial charge in [0.15, 0.2) is 0 Å². The molecule has 0 unspecified atom stereocenters. The lowest BCUT2D eigenvalue weighted by atomic mass is 10.3. The highest BCUT2D eigenvalue weighted by atomic mass is 35.5. The van der Waals surface area contributed by atoms with Crippen molar-refractivity contribution in [2.75, 3.05) is 32.7 Å². The monoisotopic (exact) mass is 285 g/mol. The van der Waals surface area contributed by atoms with Crippen molar-refractivity contribution in [1.82, 2.24) is 14.7 Å². The smallest absolute Gasteiger partial charge is 0.0764 e. The maximum atomic E-state index is 5.84. The largest absolute Gasteiger partial charge is 0.383 e. The molecule has 1 aliphatic carbocycles. The van der Waals surface area contributed by atoms with E-state index in [-0.39, 0.29) is 0 Å². The Hall–Kier alpha value is -0.580. The van der Waals surface area contributed by atoms with Gasteiger partial charge < -0.3 is 4.74 Å². The molecule has 0 atom stereocenters. The first kappa shape index (κ1) is 14.8. The third kappa shape index (κ3) is 4.48. The lowest BCUT2D eigenvalue weighted by molar-refractivity contribution is 0.147. The first-order valence-electron chi connectivity index (χ1n) is 7.14. The molecule has 1 saturated carbocycles. The molecule has 0 aromatic carbocycles. The second-order valence-corrected chi connectivity index (χ2v) is 5.56. The average molecular weight is 286 g/mol. The zero-order chi connectivity index (χ0) is 13.5. The summed E-state index contributed by atoms with van der Waals surface area (Å²) >= 11 is 5.84. The molecule has 0 aliphatic heterocycles. The molecule has 0 N–H and O–H groups in total. The van der Waals surface area contributed by atoms with Crippen LogP contribution in [0, 0.1) is 0 Å². The summed E-state index contributed by atoms with van der Waals surface area (Å²) in [6.45, 7) is 3.37. The van der Waals surface area contributed by atoms with Crippen LogP contribution in [0.15, 0.2) is 12.3 Å². The zero-order valence-electron chi connectivity index (χ0n) is 11.7. The minimum atomic E-state index is 0.620. The van der Waals surface area contributed by atoms with E-state index in [0.717, 1.165) is 31.9 Å². The van der Waals surface area contributed by atoms with E-state index in [9.17, 15) is 0 Å². The number of hydrogen-bond donors (Lipinski definition) is 0. The summed E-state index contributed by atoms with van der Waals surface area (Å²) in [5.41, 5.74) is 1.13. The van der Waals surface area contributed by atoms with E-state index in [1.165, 1.54) is 25.7 Å². The standard InChI is InChI=1S/C14H24ClN3O/c1-19-11-10-17(9-7-15)12-13-6-8-18(16-13)14-4-2-3-5-14/h6,8,14H,2-5,7,9-12H2,1H3. The molecule has 0 bridgehead atoms. The molecule has 4 nitrogen and oxygen atoms in total. The molecule has 108 valence electrons. The molecule has 0 amide bonds. The third-order valence-corrected chi connectivity index (χ3v) is 3.93. The number of aromatic nitrogens is 2. The Balaban J connectivity index is 1.89. The van der Waals surface area contributed by atoms with Crippen molar-refractivity contribution in [2.24, 2.45) is 0 Å². The van der Waals surface area contributed by atoms with Crippen molar-refractivity contribution in [3.8, 4) is 0 Å². The summed E-state index contributed by atoms with van der Waals surface area (Å²) in [5.74, 6) is 0.646. The summed E-state index contributed by atoms with van der Waals surface area (Å²) < 4.78 is 7.28. The van der Waals surface area contributed by atoms with Gasteiger partial charge >= 0.3 is 0 Å². The van der Waals surface area contributed by atoms with Crippen molar-refractivity contribution in [1.29, 1.82) is 0 Å². The van der Waals surface area contributed by atoms with E-state index >= 15 is 0 Å². The van der Waals surface area contributed by atoms with Crippen LogP contribution in [0.25, 0.3) is 0 Å². The SMILES string of the molecule is COCCN(CCCl)Cc1ccn(C2CCCC2)n1. The van der Waals surface area contributed by atoms with Crippen LogP contribution in [0.4, 0.5) is 0 Å². The van der Waals surface area contributed by atoms with Gasteiger partial charge in [-0.25, -0.2) is 0 Å². The second-order valence-electron chi connectivity index (χ2n) is 5.18. The number of rotatable bonds is 8. The molecule has 1 aromatic rings. The molecular weight excluding hydrogens is 262 g/mol. The van der Waals surface area contributed by atoms with Crippen LogP contribution >= 0.6 is 11.6 Å². The molecule has 2 rings (SSSR count). The van der Waals surface area contributed by atoms with E-state index in [1.807, 2.05) is 0 Å². The van der Waals surface area contributed by atoms with Gasteiger partial charge in [-0.2, -0.15) is 5.10 Å². The molecule has 19 heavy (non-hydrogen) atoms. The maximum Gasteiger partial charge on any atom is 0.0764 e. The molecule has 5 heteroatoms. The highest BCUT2D eigenvalue weighted by molar-refractivity contribution is 6.18. The summed E-state index contributed by atoms with van der Waals surface area (Å²) in [4.78, 5) is 2.29. The van der Waals surface area contributed by atoms with E-state index < -0.39 is 0 Å². The predicted molar refractivity (Wildman–Crippen MR) is 77.6 cm³/mol. The number of halogens is 1. The number of hydrogen-bond acceptors (Lipinski definition) is 3. The Morgan fingerprint density at radius 1 is 1.42 bits per heavy atom. The maximum absolute atomic E-state index is 5.84. The van der Waals surface area contributed by atoms with Gasteiger partial charge in [-0.1, -0.05) is 12.8 Å². The van der Waals surface area contributed by atoms with Gasteiger partial charge in [0.2, 0.25) is 0 Å².